The van der Waals surface area contributed by atoms with Crippen molar-refractivity contribution in [3.8, 4) is 5.75 Å². The van der Waals surface area contributed by atoms with Crippen molar-refractivity contribution in [3.63, 3.8) is 0 Å². The monoisotopic (exact) mass is 284 g/mol. The van der Waals surface area contributed by atoms with Crippen LogP contribution in [0.2, 0.25) is 0 Å². The average Bonchev–Trinajstić information content (AvgIpc) is 2.79. The maximum Gasteiger partial charge on any atom is 0.133 e. The summed E-state index contributed by atoms with van der Waals surface area (Å²) in [4.78, 5) is 0. The molecule has 0 radical (unpaired) electrons. The van der Waals surface area contributed by atoms with Crippen LogP contribution in [0, 0.1) is 0 Å². The summed E-state index contributed by atoms with van der Waals surface area (Å²) in [5.41, 5.74) is 0. The van der Waals surface area contributed by atoms with Crippen LogP contribution < -0.4 is 4.74 Å². The second-order valence-electron chi connectivity index (χ2n) is 4.06. The second kappa shape index (κ2) is 6.26. The molecule has 3 heteroatoms. The molecule has 16 heavy (non-hydrogen) atoms. The first kappa shape index (κ1) is 11.9. The Morgan fingerprint density at radius 3 is 3.00 bits per heavy atom. The quantitative estimate of drug-likeness (QED) is 0.766. The molecule has 1 aliphatic heterocycles. The van der Waals surface area contributed by atoms with Crippen LogP contribution in [0.25, 0.3) is 0 Å². The van der Waals surface area contributed by atoms with Gasteiger partial charge in [-0.3, -0.25) is 0 Å². The Morgan fingerprint density at radius 1 is 1.38 bits per heavy atom. The van der Waals surface area contributed by atoms with E-state index in [4.69, 9.17) is 9.47 Å². The third-order valence-electron chi connectivity index (χ3n) is 2.79. The van der Waals surface area contributed by atoms with Crippen molar-refractivity contribution in [2.75, 3.05) is 13.2 Å². The minimum absolute atomic E-state index is 0.475. The zero-order valence-electron chi connectivity index (χ0n) is 9.32. The molecule has 0 spiro atoms. The molecular formula is C13H17BrO2. The molecule has 1 fully saturated rings. The van der Waals surface area contributed by atoms with Crippen LogP contribution in [0.15, 0.2) is 28.7 Å². The van der Waals surface area contributed by atoms with Crippen molar-refractivity contribution >= 4 is 15.9 Å². The van der Waals surface area contributed by atoms with Gasteiger partial charge in [-0.1, -0.05) is 12.1 Å². The Labute approximate surface area is 105 Å². The molecule has 0 aromatic heterocycles. The lowest BCUT2D eigenvalue weighted by Crippen LogP contribution is -2.07. The lowest BCUT2D eigenvalue weighted by atomic mass is 10.1. The molecule has 2 rings (SSSR count). The van der Waals surface area contributed by atoms with E-state index in [0.29, 0.717) is 6.10 Å². The Balaban J connectivity index is 1.66. The van der Waals surface area contributed by atoms with Crippen LogP contribution in [-0.4, -0.2) is 19.3 Å². The predicted octanol–water partition coefficient (Wildman–Crippen LogP) is 3.79. The van der Waals surface area contributed by atoms with Crippen molar-refractivity contribution in [1.82, 2.24) is 0 Å². The summed E-state index contributed by atoms with van der Waals surface area (Å²) in [6.07, 6.45) is 5.09. The highest BCUT2D eigenvalue weighted by atomic mass is 79.9. The first-order valence-electron chi connectivity index (χ1n) is 5.85. The molecule has 0 aliphatic carbocycles. The van der Waals surface area contributed by atoms with Crippen LogP contribution >= 0.6 is 15.9 Å². The molecule has 1 saturated heterocycles. The van der Waals surface area contributed by atoms with E-state index in [2.05, 4.69) is 15.9 Å². The summed E-state index contributed by atoms with van der Waals surface area (Å²) in [6.45, 7) is 1.71. The van der Waals surface area contributed by atoms with Crippen molar-refractivity contribution < 1.29 is 9.47 Å². The number of halogens is 1. The Kier molecular flexibility index (Phi) is 4.67. The molecule has 1 aromatic carbocycles. The first-order chi connectivity index (χ1) is 7.86. The normalized spacial score (nSPS) is 19.9. The molecule has 0 N–H and O–H groups in total. The molecule has 1 aromatic rings. The fourth-order valence-corrected chi connectivity index (χ4v) is 2.33. The highest BCUT2D eigenvalue weighted by Crippen LogP contribution is 2.24. The largest absolute Gasteiger partial charge is 0.492 e. The third-order valence-corrected chi connectivity index (χ3v) is 3.44. The third kappa shape index (κ3) is 3.49. The molecule has 1 aliphatic rings. The number of hydrogen-bond donors (Lipinski definition) is 0. The van der Waals surface area contributed by atoms with E-state index in [1.165, 1.54) is 12.8 Å². The molecule has 0 amide bonds. The molecule has 1 heterocycles. The average molecular weight is 285 g/mol. The molecule has 1 atom stereocenters. The summed E-state index contributed by atoms with van der Waals surface area (Å²) in [6, 6.07) is 7.95. The van der Waals surface area contributed by atoms with E-state index in [0.717, 1.165) is 36.3 Å². The Bertz CT molecular complexity index is 321. The van der Waals surface area contributed by atoms with Crippen LogP contribution in [0.5, 0.6) is 5.75 Å². The van der Waals surface area contributed by atoms with Crippen molar-refractivity contribution in [1.29, 1.82) is 0 Å². The summed E-state index contributed by atoms with van der Waals surface area (Å²) in [7, 11) is 0. The molecule has 2 nitrogen and oxygen atoms in total. The maximum absolute atomic E-state index is 5.69. The summed E-state index contributed by atoms with van der Waals surface area (Å²) in [5.74, 6) is 0.926. The fraction of sp³-hybridized carbons (Fsp3) is 0.538. The Hall–Kier alpha value is -0.540. The standard InChI is InChI=1S/C13H17BrO2/c14-12-7-1-2-8-13(12)16-10-4-6-11-5-3-9-15-11/h1-2,7-8,11H,3-6,9-10H2. The SMILES string of the molecule is Brc1ccccc1OCCCC1CCCO1. The number of benzene rings is 1. The van der Waals surface area contributed by atoms with Gasteiger partial charge in [0.15, 0.2) is 0 Å². The van der Waals surface area contributed by atoms with Crippen LogP contribution in [0.4, 0.5) is 0 Å². The van der Waals surface area contributed by atoms with E-state index >= 15 is 0 Å². The van der Waals surface area contributed by atoms with E-state index in [1.54, 1.807) is 0 Å². The van der Waals surface area contributed by atoms with E-state index in [-0.39, 0.29) is 0 Å². The minimum Gasteiger partial charge on any atom is -0.492 e. The summed E-state index contributed by atoms with van der Waals surface area (Å²) < 4.78 is 12.3. The predicted molar refractivity (Wildman–Crippen MR) is 67.8 cm³/mol. The number of rotatable bonds is 5. The van der Waals surface area contributed by atoms with Gasteiger partial charge >= 0.3 is 0 Å². The lowest BCUT2D eigenvalue weighted by molar-refractivity contribution is 0.0981. The molecule has 0 bridgehead atoms. The van der Waals surface area contributed by atoms with E-state index < -0.39 is 0 Å². The van der Waals surface area contributed by atoms with Crippen molar-refractivity contribution in [2.45, 2.75) is 31.8 Å². The van der Waals surface area contributed by atoms with Gasteiger partial charge in [0, 0.05) is 6.61 Å². The number of hydrogen-bond acceptors (Lipinski definition) is 2. The van der Waals surface area contributed by atoms with Gasteiger partial charge in [0.25, 0.3) is 0 Å². The molecule has 0 saturated carbocycles. The van der Waals surface area contributed by atoms with Gasteiger partial charge in [-0.2, -0.15) is 0 Å². The van der Waals surface area contributed by atoms with E-state index in [1.807, 2.05) is 24.3 Å². The van der Waals surface area contributed by atoms with Gasteiger partial charge in [-0.25, -0.2) is 0 Å². The van der Waals surface area contributed by atoms with Gasteiger partial charge in [-0.05, 0) is 53.7 Å². The fourth-order valence-electron chi connectivity index (χ4n) is 1.93. The smallest absolute Gasteiger partial charge is 0.133 e. The highest BCUT2D eigenvalue weighted by molar-refractivity contribution is 9.10. The molecular weight excluding hydrogens is 268 g/mol. The molecule has 1 unspecified atom stereocenters. The maximum atomic E-state index is 5.69. The minimum atomic E-state index is 0.475. The van der Waals surface area contributed by atoms with Crippen molar-refractivity contribution in [3.05, 3.63) is 28.7 Å². The molecule has 88 valence electrons. The summed E-state index contributed by atoms with van der Waals surface area (Å²) in [5, 5.41) is 0. The van der Waals surface area contributed by atoms with Gasteiger partial charge < -0.3 is 9.47 Å². The van der Waals surface area contributed by atoms with Crippen molar-refractivity contribution in [2.24, 2.45) is 0 Å². The number of ether oxygens (including phenoxy) is 2. The first-order valence-corrected chi connectivity index (χ1v) is 6.64. The van der Waals surface area contributed by atoms with E-state index in [9.17, 15) is 0 Å². The zero-order chi connectivity index (χ0) is 11.2. The second-order valence-corrected chi connectivity index (χ2v) is 4.91. The topological polar surface area (TPSA) is 18.5 Å². The van der Waals surface area contributed by atoms with Gasteiger partial charge in [0.1, 0.15) is 5.75 Å². The van der Waals surface area contributed by atoms with Gasteiger partial charge in [-0.15, -0.1) is 0 Å². The van der Waals surface area contributed by atoms with Gasteiger partial charge in [0.05, 0.1) is 17.2 Å². The summed E-state index contributed by atoms with van der Waals surface area (Å²) >= 11 is 3.46. The lowest BCUT2D eigenvalue weighted by Gasteiger charge is -2.10. The Morgan fingerprint density at radius 2 is 2.25 bits per heavy atom. The highest BCUT2D eigenvalue weighted by Gasteiger charge is 2.14. The van der Waals surface area contributed by atoms with Crippen LogP contribution in [-0.2, 0) is 4.74 Å². The van der Waals surface area contributed by atoms with Gasteiger partial charge in [0.2, 0.25) is 0 Å². The van der Waals surface area contributed by atoms with Crippen LogP contribution in [0.1, 0.15) is 25.7 Å². The zero-order valence-corrected chi connectivity index (χ0v) is 10.9. The number of para-hydroxylation sites is 1. The van der Waals surface area contributed by atoms with Crippen LogP contribution in [0.3, 0.4) is 0 Å².